The van der Waals surface area contributed by atoms with Crippen LogP contribution in [0.1, 0.15) is 25.3 Å². The number of hydrogen-bond donors (Lipinski definition) is 1. The van der Waals surface area contributed by atoms with Crippen LogP contribution in [0, 0.1) is 6.92 Å². The summed E-state index contributed by atoms with van der Waals surface area (Å²) < 4.78 is 0. The van der Waals surface area contributed by atoms with E-state index < -0.39 is 0 Å². The second-order valence-corrected chi connectivity index (χ2v) is 4.91. The highest BCUT2D eigenvalue weighted by molar-refractivity contribution is 5.56. The Labute approximate surface area is 120 Å². The third kappa shape index (κ3) is 3.91. The molecule has 0 aliphatic carbocycles. The Morgan fingerprint density at radius 1 is 1.20 bits per heavy atom. The third-order valence-electron chi connectivity index (χ3n) is 3.06. The minimum atomic E-state index is 0.649. The molecule has 1 aromatic heterocycles. The van der Waals surface area contributed by atoms with Gasteiger partial charge in [0.2, 0.25) is 5.95 Å². The lowest BCUT2D eigenvalue weighted by Gasteiger charge is -2.16. The van der Waals surface area contributed by atoms with Crippen LogP contribution in [0.5, 0.6) is 0 Å². The lowest BCUT2D eigenvalue weighted by atomic mass is 10.2. The van der Waals surface area contributed by atoms with E-state index in [0.717, 1.165) is 25.1 Å². The van der Waals surface area contributed by atoms with E-state index in [0.29, 0.717) is 11.8 Å². The fraction of sp³-hybridized carbons (Fsp3) is 0.400. The molecule has 1 N–H and O–H groups in total. The minimum Gasteiger partial charge on any atom is -0.343 e. The average Bonchev–Trinajstić information content (AvgIpc) is 2.47. The average molecular weight is 271 g/mol. The van der Waals surface area contributed by atoms with Gasteiger partial charge in [0.15, 0.2) is 5.82 Å². The number of nitrogens with one attached hydrogen (secondary N) is 1. The summed E-state index contributed by atoms with van der Waals surface area (Å²) in [7, 11) is 1.99. The summed E-state index contributed by atoms with van der Waals surface area (Å²) in [5.41, 5.74) is 2.23. The quantitative estimate of drug-likeness (QED) is 0.874. The Bertz CT molecular complexity index is 538. The molecule has 0 spiro atoms. The molecule has 2 rings (SSSR count). The van der Waals surface area contributed by atoms with Gasteiger partial charge in [-0.2, -0.15) is 10.1 Å². The molecule has 5 heteroatoms. The van der Waals surface area contributed by atoms with Crippen molar-refractivity contribution in [3.05, 3.63) is 36.0 Å². The van der Waals surface area contributed by atoms with Crippen LogP contribution >= 0.6 is 0 Å². The fourth-order valence-corrected chi connectivity index (χ4v) is 1.80. The van der Waals surface area contributed by atoms with Crippen molar-refractivity contribution >= 4 is 17.5 Å². The summed E-state index contributed by atoms with van der Waals surface area (Å²) >= 11 is 0. The number of benzene rings is 1. The molecule has 106 valence electrons. The van der Waals surface area contributed by atoms with Crippen LogP contribution in [0.3, 0.4) is 0 Å². The molecule has 1 aromatic carbocycles. The third-order valence-corrected chi connectivity index (χ3v) is 3.06. The van der Waals surface area contributed by atoms with E-state index in [9.17, 15) is 0 Å². The van der Waals surface area contributed by atoms with Crippen LogP contribution < -0.4 is 10.2 Å². The molecule has 0 aliphatic heterocycles. The maximum absolute atomic E-state index is 4.48. The van der Waals surface area contributed by atoms with Gasteiger partial charge in [-0.25, -0.2) is 0 Å². The lowest BCUT2D eigenvalue weighted by Crippen LogP contribution is -2.21. The standard InChI is InChI=1S/C15H21N5/c1-4-5-10-20(3)15-18-14(11-16-19-15)17-13-8-6-12(2)7-9-13/h6-9,11H,4-5,10H2,1-3H3,(H,17,18,19). The molecule has 0 saturated carbocycles. The highest BCUT2D eigenvalue weighted by Crippen LogP contribution is 2.16. The largest absolute Gasteiger partial charge is 0.343 e. The van der Waals surface area contributed by atoms with E-state index in [1.807, 2.05) is 24.1 Å². The second-order valence-electron chi connectivity index (χ2n) is 4.91. The number of aryl methyl sites for hydroxylation is 1. The van der Waals surface area contributed by atoms with Crippen molar-refractivity contribution in [3.8, 4) is 0 Å². The SMILES string of the molecule is CCCCN(C)c1nncc(Nc2ccc(C)cc2)n1. The van der Waals surface area contributed by atoms with Gasteiger partial charge in [-0.05, 0) is 25.5 Å². The zero-order chi connectivity index (χ0) is 14.4. The van der Waals surface area contributed by atoms with Gasteiger partial charge < -0.3 is 10.2 Å². The summed E-state index contributed by atoms with van der Waals surface area (Å²) in [5, 5.41) is 11.3. The van der Waals surface area contributed by atoms with Crippen LogP contribution in [-0.4, -0.2) is 28.8 Å². The molecule has 0 saturated heterocycles. The Hall–Kier alpha value is -2.17. The molecule has 0 radical (unpaired) electrons. The predicted molar refractivity (Wildman–Crippen MR) is 82.5 cm³/mol. The van der Waals surface area contributed by atoms with Gasteiger partial charge in [-0.15, -0.1) is 5.10 Å². The van der Waals surface area contributed by atoms with Crippen molar-refractivity contribution in [2.45, 2.75) is 26.7 Å². The van der Waals surface area contributed by atoms with Gasteiger partial charge in [-0.1, -0.05) is 31.0 Å². The fourth-order valence-electron chi connectivity index (χ4n) is 1.80. The highest BCUT2D eigenvalue weighted by atomic mass is 15.3. The van der Waals surface area contributed by atoms with Gasteiger partial charge in [0.05, 0.1) is 6.20 Å². The van der Waals surface area contributed by atoms with E-state index in [4.69, 9.17) is 0 Å². The smallest absolute Gasteiger partial charge is 0.247 e. The number of anilines is 3. The van der Waals surface area contributed by atoms with E-state index in [1.165, 1.54) is 5.56 Å². The molecule has 2 aromatic rings. The molecule has 0 unspecified atom stereocenters. The molecule has 0 bridgehead atoms. The molecule has 1 heterocycles. The normalized spacial score (nSPS) is 10.3. The molecule has 0 amide bonds. The number of hydrogen-bond acceptors (Lipinski definition) is 5. The zero-order valence-electron chi connectivity index (χ0n) is 12.3. The van der Waals surface area contributed by atoms with Crippen molar-refractivity contribution in [2.75, 3.05) is 23.8 Å². The van der Waals surface area contributed by atoms with Crippen molar-refractivity contribution in [1.29, 1.82) is 0 Å². The summed E-state index contributed by atoms with van der Waals surface area (Å²) in [6.07, 6.45) is 3.91. The molecular weight excluding hydrogens is 250 g/mol. The molecule has 5 nitrogen and oxygen atoms in total. The van der Waals surface area contributed by atoms with E-state index >= 15 is 0 Å². The van der Waals surface area contributed by atoms with E-state index in [1.54, 1.807) is 6.20 Å². The van der Waals surface area contributed by atoms with E-state index in [2.05, 4.69) is 46.5 Å². The molecule has 0 aliphatic rings. The van der Waals surface area contributed by atoms with Gasteiger partial charge in [0, 0.05) is 19.3 Å². The van der Waals surface area contributed by atoms with Crippen LogP contribution in [0.2, 0.25) is 0 Å². The predicted octanol–water partition coefficient (Wildman–Crippen LogP) is 3.16. The lowest BCUT2D eigenvalue weighted by molar-refractivity contribution is 0.741. The van der Waals surface area contributed by atoms with Crippen LogP contribution in [0.15, 0.2) is 30.5 Å². The summed E-state index contributed by atoms with van der Waals surface area (Å²) in [6.45, 7) is 5.17. The maximum Gasteiger partial charge on any atom is 0.247 e. The Balaban J connectivity index is 2.07. The van der Waals surface area contributed by atoms with Gasteiger partial charge >= 0.3 is 0 Å². The Morgan fingerprint density at radius 2 is 1.95 bits per heavy atom. The van der Waals surface area contributed by atoms with Crippen LogP contribution in [-0.2, 0) is 0 Å². The van der Waals surface area contributed by atoms with Crippen LogP contribution in [0.25, 0.3) is 0 Å². The van der Waals surface area contributed by atoms with E-state index in [-0.39, 0.29) is 0 Å². The Morgan fingerprint density at radius 3 is 2.65 bits per heavy atom. The van der Waals surface area contributed by atoms with Crippen molar-refractivity contribution in [1.82, 2.24) is 15.2 Å². The first-order chi connectivity index (χ1) is 9.69. The monoisotopic (exact) mass is 271 g/mol. The number of nitrogens with zero attached hydrogens (tertiary/aromatic N) is 4. The number of unbranched alkanes of at least 4 members (excludes halogenated alkanes) is 1. The van der Waals surface area contributed by atoms with Crippen LogP contribution in [0.4, 0.5) is 17.5 Å². The zero-order valence-corrected chi connectivity index (χ0v) is 12.3. The molecular formula is C15H21N5. The second kappa shape index (κ2) is 6.84. The maximum atomic E-state index is 4.48. The Kier molecular flexibility index (Phi) is 4.87. The summed E-state index contributed by atoms with van der Waals surface area (Å²) in [5.74, 6) is 1.36. The number of rotatable bonds is 6. The summed E-state index contributed by atoms with van der Waals surface area (Å²) in [4.78, 5) is 6.51. The van der Waals surface area contributed by atoms with Crippen molar-refractivity contribution in [2.24, 2.45) is 0 Å². The molecule has 20 heavy (non-hydrogen) atoms. The first-order valence-electron chi connectivity index (χ1n) is 6.93. The van der Waals surface area contributed by atoms with Crippen molar-refractivity contribution < 1.29 is 0 Å². The van der Waals surface area contributed by atoms with Crippen molar-refractivity contribution in [3.63, 3.8) is 0 Å². The molecule has 0 atom stereocenters. The highest BCUT2D eigenvalue weighted by Gasteiger charge is 2.06. The topological polar surface area (TPSA) is 53.9 Å². The molecule has 0 fully saturated rings. The van der Waals surface area contributed by atoms with Gasteiger partial charge in [-0.3, -0.25) is 0 Å². The minimum absolute atomic E-state index is 0.649. The van der Waals surface area contributed by atoms with Gasteiger partial charge in [0.1, 0.15) is 0 Å². The van der Waals surface area contributed by atoms with Gasteiger partial charge in [0.25, 0.3) is 0 Å². The first kappa shape index (κ1) is 14.2. The first-order valence-corrected chi connectivity index (χ1v) is 6.93. The summed E-state index contributed by atoms with van der Waals surface area (Å²) in [6, 6.07) is 8.17. The number of aromatic nitrogens is 3.